The lowest BCUT2D eigenvalue weighted by Crippen LogP contribution is -2.37. The van der Waals surface area contributed by atoms with E-state index in [1.165, 1.54) is 12.8 Å². The van der Waals surface area contributed by atoms with Crippen LogP contribution in [0.4, 0.5) is 5.95 Å². The van der Waals surface area contributed by atoms with Gasteiger partial charge in [-0.15, -0.1) is 13.2 Å². The number of rotatable bonds is 3. The van der Waals surface area contributed by atoms with Crippen LogP contribution >= 0.6 is 0 Å². The summed E-state index contributed by atoms with van der Waals surface area (Å²) in [5, 5.41) is 4.09. The molecule has 178 valence electrons. The van der Waals surface area contributed by atoms with Gasteiger partial charge in [-0.2, -0.15) is 10.1 Å². The van der Waals surface area contributed by atoms with E-state index in [0.29, 0.717) is 30.3 Å². The van der Waals surface area contributed by atoms with E-state index in [1.807, 2.05) is 48.6 Å². The molecule has 1 saturated carbocycles. The number of nitrogens with zero attached hydrogens (tertiary/aromatic N) is 9. The molecule has 10 heteroatoms. The summed E-state index contributed by atoms with van der Waals surface area (Å²) in [6, 6.07) is 2.71. The van der Waals surface area contributed by atoms with Crippen molar-refractivity contribution in [3.8, 4) is 11.4 Å². The van der Waals surface area contributed by atoms with Crippen LogP contribution in [0.25, 0.3) is 22.6 Å². The van der Waals surface area contributed by atoms with Crippen LogP contribution in [0.15, 0.2) is 44.1 Å². The SMILES string of the molecule is C=C.Cc1nc2nc(N3CCOCC3)nc(-c3cncn3C)c2nc1C.c1cnn(C2CC2)c1. The summed E-state index contributed by atoms with van der Waals surface area (Å²) >= 11 is 0. The molecule has 0 amide bonds. The average molecular weight is 462 g/mol. The second-order valence-corrected chi connectivity index (χ2v) is 8.15. The number of imidazole rings is 1. The molecule has 2 aliphatic rings. The normalized spacial score (nSPS) is 15.3. The Morgan fingerprint density at radius 2 is 1.74 bits per heavy atom. The number of morpholine rings is 1. The first-order chi connectivity index (χ1) is 16.6. The lowest BCUT2D eigenvalue weighted by molar-refractivity contribution is 0.122. The Hall–Kier alpha value is -3.66. The Morgan fingerprint density at radius 3 is 2.35 bits per heavy atom. The van der Waals surface area contributed by atoms with Crippen molar-refractivity contribution in [2.75, 3.05) is 31.2 Å². The summed E-state index contributed by atoms with van der Waals surface area (Å²) in [6.07, 6.45) is 10.0. The van der Waals surface area contributed by atoms with E-state index in [2.05, 4.69) is 43.1 Å². The van der Waals surface area contributed by atoms with Gasteiger partial charge < -0.3 is 14.2 Å². The molecule has 0 aromatic carbocycles. The van der Waals surface area contributed by atoms with Gasteiger partial charge in [0.1, 0.15) is 11.2 Å². The standard InChI is InChI=1S/C16H19N7O.C6H8N2.C2H4/c1-10-11(2)19-15-14(18-10)13(12-8-17-9-22(12)3)20-16(21-15)23-4-6-24-7-5-23;1-4-7-8(5-1)6-2-3-6;1-2/h8-9H,4-7H2,1-3H3;1,4-6H,2-3H2;1-2H2. The van der Waals surface area contributed by atoms with Crippen molar-refractivity contribution in [1.82, 2.24) is 39.3 Å². The molecule has 0 spiro atoms. The van der Waals surface area contributed by atoms with Crippen molar-refractivity contribution in [2.24, 2.45) is 7.05 Å². The van der Waals surface area contributed by atoms with Crippen molar-refractivity contribution in [1.29, 1.82) is 0 Å². The maximum Gasteiger partial charge on any atom is 0.228 e. The summed E-state index contributed by atoms with van der Waals surface area (Å²) < 4.78 is 9.39. The molecule has 1 saturated heterocycles. The van der Waals surface area contributed by atoms with Crippen molar-refractivity contribution >= 4 is 17.1 Å². The minimum Gasteiger partial charge on any atom is -0.378 e. The largest absolute Gasteiger partial charge is 0.378 e. The lowest BCUT2D eigenvalue weighted by atomic mass is 10.2. The van der Waals surface area contributed by atoms with Gasteiger partial charge in [-0.25, -0.2) is 19.9 Å². The maximum atomic E-state index is 5.43. The van der Waals surface area contributed by atoms with Gasteiger partial charge in [0.05, 0.1) is 48.9 Å². The average Bonchev–Trinajstić information content (AvgIpc) is 3.39. The van der Waals surface area contributed by atoms with E-state index in [0.717, 1.165) is 41.9 Å². The summed E-state index contributed by atoms with van der Waals surface area (Å²) in [5.41, 5.74) is 4.75. The molecule has 6 rings (SSSR count). The zero-order valence-corrected chi connectivity index (χ0v) is 20.1. The van der Waals surface area contributed by atoms with E-state index < -0.39 is 0 Å². The van der Waals surface area contributed by atoms with Gasteiger partial charge in [0.2, 0.25) is 5.95 Å². The van der Waals surface area contributed by atoms with Crippen molar-refractivity contribution in [3.05, 3.63) is 55.5 Å². The van der Waals surface area contributed by atoms with Crippen LogP contribution in [0, 0.1) is 13.8 Å². The van der Waals surface area contributed by atoms with Crippen molar-refractivity contribution in [2.45, 2.75) is 32.7 Å². The van der Waals surface area contributed by atoms with Crippen LogP contribution in [-0.2, 0) is 11.8 Å². The number of aryl methyl sites for hydroxylation is 3. The Morgan fingerprint density at radius 1 is 1.00 bits per heavy atom. The topological polar surface area (TPSA) is 99.7 Å². The molecule has 0 unspecified atom stereocenters. The highest BCUT2D eigenvalue weighted by molar-refractivity contribution is 5.86. The molecular formula is C24H31N9O. The molecule has 0 radical (unpaired) electrons. The van der Waals surface area contributed by atoms with E-state index >= 15 is 0 Å². The van der Waals surface area contributed by atoms with Crippen LogP contribution < -0.4 is 4.90 Å². The van der Waals surface area contributed by atoms with E-state index in [4.69, 9.17) is 9.72 Å². The fourth-order valence-electron chi connectivity index (χ4n) is 3.61. The first-order valence-electron chi connectivity index (χ1n) is 11.4. The lowest BCUT2D eigenvalue weighted by Gasteiger charge is -2.27. The molecule has 34 heavy (non-hydrogen) atoms. The number of aromatic nitrogens is 8. The minimum absolute atomic E-state index is 0.616. The Kier molecular flexibility index (Phi) is 7.27. The molecule has 2 fully saturated rings. The predicted molar refractivity (Wildman–Crippen MR) is 132 cm³/mol. The smallest absolute Gasteiger partial charge is 0.228 e. The molecule has 5 heterocycles. The summed E-state index contributed by atoms with van der Waals surface area (Å²) in [5.74, 6) is 0.666. The van der Waals surface area contributed by atoms with Crippen LogP contribution in [0.2, 0.25) is 0 Å². The fourth-order valence-corrected chi connectivity index (χ4v) is 3.61. The molecule has 4 aromatic heterocycles. The van der Waals surface area contributed by atoms with E-state index in [9.17, 15) is 0 Å². The molecule has 1 aliphatic carbocycles. The third-order valence-corrected chi connectivity index (χ3v) is 5.73. The molecule has 0 N–H and O–H groups in total. The van der Waals surface area contributed by atoms with Gasteiger partial charge >= 0.3 is 0 Å². The summed E-state index contributed by atoms with van der Waals surface area (Å²) in [4.78, 5) is 25.1. The number of ether oxygens (including phenoxy) is 1. The molecule has 0 bridgehead atoms. The quantitative estimate of drug-likeness (QED) is 0.429. The maximum absolute atomic E-state index is 5.43. The van der Waals surface area contributed by atoms with Gasteiger partial charge in [-0.3, -0.25) is 4.68 Å². The summed E-state index contributed by atoms with van der Waals surface area (Å²) in [6.45, 7) is 12.8. The van der Waals surface area contributed by atoms with Crippen LogP contribution in [0.1, 0.15) is 30.3 Å². The molecule has 4 aromatic rings. The highest BCUT2D eigenvalue weighted by atomic mass is 16.5. The first kappa shape index (κ1) is 23.5. The van der Waals surface area contributed by atoms with Crippen LogP contribution in [-0.4, -0.2) is 65.6 Å². The predicted octanol–water partition coefficient (Wildman–Crippen LogP) is 3.29. The van der Waals surface area contributed by atoms with Gasteiger partial charge in [-0.1, -0.05) is 0 Å². The number of hydrogen-bond acceptors (Lipinski definition) is 8. The summed E-state index contributed by atoms with van der Waals surface area (Å²) in [7, 11) is 1.94. The second-order valence-electron chi connectivity index (χ2n) is 8.15. The molecule has 10 nitrogen and oxygen atoms in total. The van der Waals surface area contributed by atoms with E-state index in [-0.39, 0.29) is 0 Å². The van der Waals surface area contributed by atoms with Crippen molar-refractivity contribution in [3.63, 3.8) is 0 Å². The number of hydrogen-bond donors (Lipinski definition) is 0. The number of anilines is 1. The molecule has 1 aliphatic heterocycles. The van der Waals surface area contributed by atoms with Crippen LogP contribution in [0.5, 0.6) is 0 Å². The third-order valence-electron chi connectivity index (χ3n) is 5.73. The Balaban J connectivity index is 0.000000228. The Labute approximate surface area is 199 Å². The minimum atomic E-state index is 0.616. The monoisotopic (exact) mass is 461 g/mol. The van der Waals surface area contributed by atoms with Gasteiger partial charge in [-0.05, 0) is 32.8 Å². The third kappa shape index (κ3) is 5.12. The van der Waals surface area contributed by atoms with Crippen LogP contribution in [0.3, 0.4) is 0 Å². The second kappa shape index (κ2) is 10.5. The highest BCUT2D eigenvalue weighted by Crippen LogP contribution is 2.33. The van der Waals surface area contributed by atoms with Crippen molar-refractivity contribution < 1.29 is 4.74 Å². The highest BCUT2D eigenvalue weighted by Gasteiger charge is 2.23. The number of fused-ring (bicyclic) bond motifs is 1. The Bertz CT molecular complexity index is 1220. The molecule has 0 atom stereocenters. The first-order valence-corrected chi connectivity index (χ1v) is 11.4. The zero-order chi connectivity index (χ0) is 24.1. The van der Waals surface area contributed by atoms with Gasteiger partial charge in [0.25, 0.3) is 0 Å². The van der Waals surface area contributed by atoms with E-state index in [1.54, 1.807) is 12.5 Å². The van der Waals surface area contributed by atoms with Gasteiger partial charge in [0, 0.05) is 32.5 Å². The van der Waals surface area contributed by atoms with Gasteiger partial charge in [0.15, 0.2) is 5.65 Å². The zero-order valence-electron chi connectivity index (χ0n) is 20.1. The molecular weight excluding hydrogens is 430 g/mol. The fraction of sp³-hybridized carbons (Fsp3) is 0.417.